The smallest absolute Gasteiger partial charge is 0.310 e. The molecular formula is C33H42O5. The Morgan fingerprint density at radius 3 is 2.76 bits per heavy atom. The second-order valence-corrected chi connectivity index (χ2v) is 13.0. The van der Waals surface area contributed by atoms with Crippen LogP contribution in [0, 0.1) is 46.3 Å². The summed E-state index contributed by atoms with van der Waals surface area (Å²) >= 11 is 0. The molecule has 9 atom stereocenters. The van der Waals surface area contributed by atoms with Crippen LogP contribution in [0.3, 0.4) is 0 Å². The highest BCUT2D eigenvalue weighted by molar-refractivity contribution is 6.01. The fraction of sp³-hybridized carbons (Fsp3) is 0.606. The Kier molecular flexibility index (Phi) is 7.28. The highest BCUT2D eigenvalue weighted by Gasteiger charge is 2.64. The molecule has 0 aromatic heterocycles. The van der Waals surface area contributed by atoms with Crippen molar-refractivity contribution in [1.82, 2.24) is 0 Å². The number of ketones is 2. The van der Waals surface area contributed by atoms with Crippen LogP contribution in [0.5, 0.6) is 0 Å². The number of carbonyl (C=O) groups excluding carboxylic acids is 3. The molecule has 0 bridgehead atoms. The van der Waals surface area contributed by atoms with Crippen molar-refractivity contribution in [3.8, 4) is 0 Å². The minimum Gasteiger partial charge on any atom is -0.457 e. The van der Waals surface area contributed by atoms with E-state index in [9.17, 15) is 19.5 Å². The number of hydrogen-bond acceptors (Lipinski definition) is 5. The summed E-state index contributed by atoms with van der Waals surface area (Å²) in [6, 6.07) is 0. The molecule has 3 saturated carbocycles. The molecule has 0 aromatic carbocycles. The maximum absolute atomic E-state index is 13.6. The molecule has 5 nitrogen and oxygen atoms in total. The zero-order valence-electron chi connectivity index (χ0n) is 23.2. The fourth-order valence-corrected chi connectivity index (χ4v) is 8.92. The Balaban J connectivity index is 1.27. The van der Waals surface area contributed by atoms with E-state index in [1.165, 1.54) is 0 Å². The summed E-state index contributed by atoms with van der Waals surface area (Å²) < 4.78 is 5.53. The number of allylic oxidation sites excluding steroid dienone is 9. The fourth-order valence-electron chi connectivity index (χ4n) is 8.92. The first-order chi connectivity index (χ1) is 18.0. The third-order valence-electron chi connectivity index (χ3n) is 10.5. The lowest BCUT2D eigenvalue weighted by atomic mass is 9.46. The van der Waals surface area contributed by atoms with Gasteiger partial charge < -0.3 is 9.84 Å². The number of hydrogen-bond donors (Lipinski definition) is 1. The molecule has 0 aromatic rings. The average molecular weight is 519 g/mol. The van der Waals surface area contributed by atoms with Gasteiger partial charge in [0.25, 0.3) is 0 Å². The number of rotatable bonds is 5. The summed E-state index contributed by atoms with van der Waals surface area (Å²) in [5, 5.41) is 11.6. The lowest BCUT2D eigenvalue weighted by Crippen LogP contribution is -2.56. The Morgan fingerprint density at radius 2 is 1.97 bits per heavy atom. The van der Waals surface area contributed by atoms with E-state index in [4.69, 9.17) is 4.74 Å². The van der Waals surface area contributed by atoms with E-state index in [0.29, 0.717) is 30.6 Å². The minimum atomic E-state index is -0.550. The lowest BCUT2D eigenvalue weighted by Gasteiger charge is -2.58. The van der Waals surface area contributed by atoms with Crippen molar-refractivity contribution in [2.45, 2.75) is 72.3 Å². The summed E-state index contributed by atoms with van der Waals surface area (Å²) in [5.74, 6) is 0.617. The highest BCUT2D eigenvalue weighted by Crippen LogP contribution is 2.67. The highest BCUT2D eigenvalue weighted by atomic mass is 16.5. The molecule has 204 valence electrons. The molecule has 0 saturated heterocycles. The number of aliphatic hydroxyl groups is 1. The maximum Gasteiger partial charge on any atom is 0.310 e. The Morgan fingerprint density at radius 1 is 1.18 bits per heavy atom. The molecule has 0 radical (unpaired) electrons. The predicted octanol–water partition coefficient (Wildman–Crippen LogP) is 5.71. The normalized spacial score (nSPS) is 43.9. The van der Waals surface area contributed by atoms with Gasteiger partial charge in [0.15, 0.2) is 11.6 Å². The van der Waals surface area contributed by atoms with E-state index in [1.54, 1.807) is 12.2 Å². The molecular weight excluding hydrogens is 476 g/mol. The van der Waals surface area contributed by atoms with Gasteiger partial charge in [-0.1, -0.05) is 75.3 Å². The van der Waals surface area contributed by atoms with Crippen molar-refractivity contribution in [2.24, 2.45) is 46.3 Å². The van der Waals surface area contributed by atoms with Gasteiger partial charge in [-0.05, 0) is 73.3 Å². The second-order valence-electron chi connectivity index (χ2n) is 13.0. The molecule has 0 heterocycles. The Bertz CT molecular complexity index is 1150. The van der Waals surface area contributed by atoms with Crippen LogP contribution in [-0.4, -0.2) is 35.4 Å². The van der Waals surface area contributed by atoms with E-state index in [-0.39, 0.29) is 59.1 Å². The Labute approximate surface area is 226 Å². The van der Waals surface area contributed by atoms with Crippen molar-refractivity contribution in [2.75, 3.05) is 6.61 Å². The quantitative estimate of drug-likeness (QED) is 0.373. The van der Waals surface area contributed by atoms with Crippen LogP contribution in [0.1, 0.15) is 66.2 Å². The molecule has 9 unspecified atom stereocenters. The van der Waals surface area contributed by atoms with Gasteiger partial charge in [-0.15, -0.1) is 0 Å². The number of esters is 1. The van der Waals surface area contributed by atoms with Crippen molar-refractivity contribution in [1.29, 1.82) is 0 Å². The molecule has 0 amide bonds. The Hall–Kier alpha value is -2.53. The van der Waals surface area contributed by atoms with Crippen molar-refractivity contribution < 1.29 is 24.2 Å². The van der Waals surface area contributed by atoms with E-state index in [0.717, 1.165) is 30.4 Å². The number of fused-ring (bicyclic) bond motifs is 5. The van der Waals surface area contributed by atoms with Crippen LogP contribution in [0.15, 0.2) is 59.8 Å². The molecule has 0 spiro atoms. The summed E-state index contributed by atoms with van der Waals surface area (Å²) in [7, 11) is 0. The summed E-state index contributed by atoms with van der Waals surface area (Å²) in [5.41, 5.74) is 1.47. The van der Waals surface area contributed by atoms with Gasteiger partial charge in [0, 0.05) is 17.3 Å². The first kappa shape index (κ1) is 27.1. The first-order valence-corrected chi connectivity index (χ1v) is 14.4. The van der Waals surface area contributed by atoms with Crippen LogP contribution < -0.4 is 0 Å². The zero-order valence-corrected chi connectivity index (χ0v) is 23.2. The number of carbonyl (C=O) groups is 3. The van der Waals surface area contributed by atoms with E-state index in [2.05, 4.69) is 45.9 Å². The van der Waals surface area contributed by atoms with Crippen LogP contribution >= 0.6 is 0 Å². The van der Waals surface area contributed by atoms with Gasteiger partial charge >= 0.3 is 5.97 Å². The topological polar surface area (TPSA) is 80.7 Å². The van der Waals surface area contributed by atoms with Gasteiger partial charge in [-0.3, -0.25) is 14.4 Å². The van der Waals surface area contributed by atoms with Crippen LogP contribution in [0.4, 0.5) is 0 Å². The summed E-state index contributed by atoms with van der Waals surface area (Å²) in [6.45, 7) is 8.40. The summed E-state index contributed by atoms with van der Waals surface area (Å²) in [4.78, 5) is 38.3. The molecule has 5 heteroatoms. The van der Waals surface area contributed by atoms with Gasteiger partial charge in [-0.25, -0.2) is 0 Å². The third kappa shape index (κ3) is 4.72. The molecule has 0 aliphatic heterocycles. The van der Waals surface area contributed by atoms with Crippen molar-refractivity contribution in [3.63, 3.8) is 0 Å². The summed E-state index contributed by atoms with van der Waals surface area (Å²) in [6.07, 6.45) is 19.3. The standard InChI is InChI=1S/C33H42O5/c1-20-7-5-9-22(10-6-8-20)16-29(37)38-19-28(36)30-21(2)15-26-25-12-11-23-17-24(34)13-14-32(23,3)31(25)27(35)18-33(26,30)4/h5-9,13-14,17,20-21,25-27,30-31,35H,10-12,15-16,18-19H2,1-4H3/b7-5-,8-6?,22-9+. The van der Waals surface area contributed by atoms with Crippen molar-refractivity contribution in [3.05, 3.63) is 59.8 Å². The predicted molar refractivity (Wildman–Crippen MR) is 147 cm³/mol. The SMILES string of the molecule is CC1C=CC/C(CC(=O)OCC(=O)C2C(C)CC3C4CCC5=CC(=O)C=CC5(C)C4C(O)CC32C)=C\C=C/1. The van der Waals surface area contributed by atoms with Gasteiger partial charge in [0.1, 0.15) is 6.61 Å². The number of aliphatic hydroxyl groups excluding tert-OH is 1. The molecule has 1 N–H and O–H groups in total. The molecule has 5 aliphatic carbocycles. The van der Waals surface area contributed by atoms with E-state index in [1.807, 2.05) is 18.2 Å². The molecule has 3 fully saturated rings. The first-order valence-electron chi connectivity index (χ1n) is 14.4. The van der Waals surface area contributed by atoms with Gasteiger partial charge in [-0.2, -0.15) is 0 Å². The van der Waals surface area contributed by atoms with Crippen LogP contribution in [-0.2, 0) is 19.1 Å². The largest absolute Gasteiger partial charge is 0.457 e. The zero-order chi connectivity index (χ0) is 27.2. The van der Waals surface area contributed by atoms with E-state index < -0.39 is 6.10 Å². The average Bonchev–Trinajstić information content (AvgIpc) is 3.10. The lowest BCUT2D eigenvalue weighted by molar-refractivity contribution is -0.153. The monoisotopic (exact) mass is 518 g/mol. The minimum absolute atomic E-state index is 0.0208. The number of ether oxygens (including phenoxy) is 1. The van der Waals surface area contributed by atoms with Crippen molar-refractivity contribution >= 4 is 17.5 Å². The number of Topliss-reactive ketones (excluding diaryl/α,β-unsaturated/α-hetero) is 1. The molecule has 5 rings (SSSR count). The maximum atomic E-state index is 13.6. The van der Waals surface area contributed by atoms with Gasteiger partial charge in [0.05, 0.1) is 12.5 Å². The second kappa shape index (κ2) is 10.2. The molecule has 38 heavy (non-hydrogen) atoms. The molecule has 5 aliphatic rings. The third-order valence-corrected chi connectivity index (χ3v) is 10.5. The van der Waals surface area contributed by atoms with Crippen LogP contribution in [0.2, 0.25) is 0 Å². The van der Waals surface area contributed by atoms with Crippen LogP contribution in [0.25, 0.3) is 0 Å². The van der Waals surface area contributed by atoms with Gasteiger partial charge in [0.2, 0.25) is 0 Å². The van der Waals surface area contributed by atoms with E-state index >= 15 is 0 Å².